The first kappa shape index (κ1) is 18.9. The molecule has 26 heavy (non-hydrogen) atoms. The van der Waals surface area contributed by atoms with E-state index in [1.807, 2.05) is 0 Å². The summed E-state index contributed by atoms with van der Waals surface area (Å²) in [6.07, 6.45) is 2.73. The van der Waals surface area contributed by atoms with Crippen LogP contribution in [0.3, 0.4) is 0 Å². The quantitative estimate of drug-likeness (QED) is 0.803. The first-order valence-corrected chi connectivity index (χ1v) is 8.94. The number of nitrogens with zero attached hydrogens (tertiary/aromatic N) is 1. The molecule has 1 aliphatic rings. The predicted octanol–water partition coefficient (Wildman–Crippen LogP) is 3.89. The van der Waals surface area contributed by atoms with Crippen molar-refractivity contribution >= 4 is 34.8 Å². The lowest BCUT2D eigenvalue weighted by molar-refractivity contribution is -0.140. The predicted molar refractivity (Wildman–Crippen MR) is 101 cm³/mol. The molecule has 1 amide bonds. The maximum Gasteiger partial charge on any atom is 0.256 e. The molecule has 138 valence electrons. The number of amides is 1. The van der Waals surface area contributed by atoms with Crippen molar-refractivity contribution in [3.05, 3.63) is 46.6 Å². The van der Waals surface area contributed by atoms with Crippen molar-refractivity contribution in [1.82, 2.24) is 10.3 Å². The van der Waals surface area contributed by atoms with E-state index >= 15 is 0 Å². The number of hydrogen-bond acceptors (Lipinski definition) is 5. The Morgan fingerprint density at radius 1 is 1.23 bits per heavy atom. The highest BCUT2D eigenvalue weighted by Gasteiger charge is 2.39. The van der Waals surface area contributed by atoms with Crippen LogP contribution in [0.2, 0.25) is 10.0 Å². The number of piperidine rings is 1. The molecule has 6 nitrogen and oxygen atoms in total. The summed E-state index contributed by atoms with van der Waals surface area (Å²) in [6.45, 7) is 1.51. The van der Waals surface area contributed by atoms with E-state index in [4.69, 9.17) is 32.7 Å². The number of carbonyl (C=O) groups excluding carboxylic acids is 1. The Morgan fingerprint density at radius 3 is 2.54 bits per heavy atom. The van der Waals surface area contributed by atoms with Gasteiger partial charge >= 0.3 is 0 Å². The van der Waals surface area contributed by atoms with Gasteiger partial charge in [-0.15, -0.1) is 0 Å². The van der Waals surface area contributed by atoms with Gasteiger partial charge in [0.15, 0.2) is 0 Å². The number of rotatable bonds is 5. The zero-order chi connectivity index (χ0) is 18.6. The molecule has 1 fully saturated rings. The average Bonchev–Trinajstić information content (AvgIpc) is 2.66. The van der Waals surface area contributed by atoms with Gasteiger partial charge in [-0.25, -0.2) is 4.98 Å². The number of anilines is 1. The summed E-state index contributed by atoms with van der Waals surface area (Å²) in [4.78, 5) is 16.7. The number of benzene rings is 1. The number of ether oxygens (including phenoxy) is 2. The summed E-state index contributed by atoms with van der Waals surface area (Å²) >= 11 is 11.9. The molecule has 2 N–H and O–H groups in total. The maximum absolute atomic E-state index is 12.6. The van der Waals surface area contributed by atoms with E-state index in [1.54, 1.807) is 37.4 Å². The van der Waals surface area contributed by atoms with E-state index in [0.29, 0.717) is 34.3 Å². The molecule has 0 unspecified atom stereocenters. The van der Waals surface area contributed by atoms with Crippen LogP contribution in [0.1, 0.15) is 12.8 Å². The van der Waals surface area contributed by atoms with Crippen LogP contribution in [0.25, 0.3) is 0 Å². The topological polar surface area (TPSA) is 72.5 Å². The van der Waals surface area contributed by atoms with Crippen molar-refractivity contribution in [3.63, 3.8) is 0 Å². The summed E-state index contributed by atoms with van der Waals surface area (Å²) < 4.78 is 11.2. The Bertz CT molecular complexity index is 778. The van der Waals surface area contributed by atoms with Gasteiger partial charge < -0.3 is 20.1 Å². The SMILES string of the molecule is COC1(C(=O)Nc2ccc(Oc3ncc(Cl)cc3Cl)cc2)CCNCC1. The summed E-state index contributed by atoms with van der Waals surface area (Å²) in [5.41, 5.74) is -0.131. The molecule has 0 radical (unpaired) electrons. The lowest BCUT2D eigenvalue weighted by atomic mass is 9.91. The fraction of sp³-hybridized carbons (Fsp3) is 0.333. The number of halogens is 2. The molecule has 3 rings (SSSR count). The Morgan fingerprint density at radius 2 is 1.92 bits per heavy atom. The summed E-state index contributed by atoms with van der Waals surface area (Å²) in [6, 6.07) is 8.51. The molecular formula is C18H19Cl2N3O3. The van der Waals surface area contributed by atoms with E-state index in [0.717, 1.165) is 13.1 Å². The van der Waals surface area contributed by atoms with Crippen molar-refractivity contribution in [3.8, 4) is 11.6 Å². The Balaban J connectivity index is 1.66. The second kappa shape index (κ2) is 8.22. The van der Waals surface area contributed by atoms with Gasteiger partial charge in [-0.3, -0.25) is 4.79 Å². The Hall–Kier alpha value is -1.86. The van der Waals surface area contributed by atoms with Crippen LogP contribution in [0.5, 0.6) is 11.6 Å². The van der Waals surface area contributed by atoms with Crippen LogP contribution >= 0.6 is 23.2 Å². The number of hydrogen-bond donors (Lipinski definition) is 2. The standard InChI is InChI=1S/C18H19Cl2N3O3/c1-25-18(6-8-21-9-7-18)17(24)23-13-2-4-14(5-3-13)26-16-15(20)10-12(19)11-22-16/h2-5,10-11,21H,6-9H2,1H3,(H,23,24). The van der Waals surface area contributed by atoms with E-state index in [2.05, 4.69) is 15.6 Å². The Kier molecular flexibility index (Phi) is 5.98. The molecule has 0 spiro atoms. The summed E-state index contributed by atoms with van der Waals surface area (Å²) in [7, 11) is 1.57. The third-order valence-corrected chi connectivity index (χ3v) is 4.79. The van der Waals surface area contributed by atoms with Crippen LogP contribution in [-0.2, 0) is 9.53 Å². The smallest absolute Gasteiger partial charge is 0.256 e. The van der Waals surface area contributed by atoms with Gasteiger partial charge in [-0.2, -0.15) is 0 Å². The second-order valence-electron chi connectivity index (χ2n) is 5.97. The van der Waals surface area contributed by atoms with Gasteiger partial charge in [-0.1, -0.05) is 23.2 Å². The van der Waals surface area contributed by atoms with E-state index in [-0.39, 0.29) is 11.8 Å². The van der Waals surface area contributed by atoms with E-state index in [9.17, 15) is 4.79 Å². The molecular weight excluding hydrogens is 377 g/mol. The Labute approximate surface area is 161 Å². The number of carbonyl (C=O) groups is 1. The lowest BCUT2D eigenvalue weighted by Gasteiger charge is -2.34. The minimum atomic E-state index is -0.791. The van der Waals surface area contributed by atoms with Crippen molar-refractivity contribution in [2.24, 2.45) is 0 Å². The largest absolute Gasteiger partial charge is 0.438 e. The molecule has 0 atom stereocenters. The highest BCUT2D eigenvalue weighted by molar-refractivity contribution is 6.35. The zero-order valence-corrected chi connectivity index (χ0v) is 15.7. The van der Waals surface area contributed by atoms with Crippen molar-refractivity contribution in [2.45, 2.75) is 18.4 Å². The number of pyridine rings is 1. The minimum absolute atomic E-state index is 0.141. The molecule has 8 heteroatoms. The first-order chi connectivity index (χ1) is 12.5. The lowest BCUT2D eigenvalue weighted by Crippen LogP contribution is -2.51. The first-order valence-electron chi connectivity index (χ1n) is 8.19. The van der Waals surface area contributed by atoms with Gasteiger partial charge in [0, 0.05) is 19.0 Å². The normalized spacial score (nSPS) is 16.1. The van der Waals surface area contributed by atoms with Crippen LogP contribution < -0.4 is 15.4 Å². The third kappa shape index (κ3) is 4.27. The van der Waals surface area contributed by atoms with Crippen molar-refractivity contribution in [2.75, 3.05) is 25.5 Å². The van der Waals surface area contributed by atoms with Crippen molar-refractivity contribution in [1.29, 1.82) is 0 Å². The van der Waals surface area contributed by atoms with Gasteiger partial charge in [0.25, 0.3) is 5.91 Å². The molecule has 1 aromatic carbocycles. The molecule has 0 saturated carbocycles. The fourth-order valence-electron chi connectivity index (χ4n) is 2.79. The van der Waals surface area contributed by atoms with Crippen molar-refractivity contribution < 1.29 is 14.3 Å². The maximum atomic E-state index is 12.6. The third-order valence-electron chi connectivity index (χ3n) is 4.32. The van der Waals surface area contributed by atoms with Crippen LogP contribution in [0.15, 0.2) is 36.5 Å². The zero-order valence-electron chi connectivity index (χ0n) is 14.2. The summed E-state index contributed by atoms with van der Waals surface area (Å²) in [5.74, 6) is 0.668. The second-order valence-corrected chi connectivity index (χ2v) is 6.81. The van der Waals surface area contributed by atoms with E-state index in [1.165, 1.54) is 6.20 Å². The van der Waals surface area contributed by atoms with Gasteiger partial charge in [0.05, 0.1) is 5.02 Å². The average molecular weight is 396 g/mol. The highest BCUT2D eigenvalue weighted by atomic mass is 35.5. The summed E-state index contributed by atoms with van der Waals surface area (Å²) in [5, 5.41) is 6.89. The highest BCUT2D eigenvalue weighted by Crippen LogP contribution is 2.30. The molecule has 1 saturated heterocycles. The molecule has 2 aromatic rings. The van der Waals surface area contributed by atoms with Gasteiger partial charge in [0.1, 0.15) is 16.4 Å². The van der Waals surface area contributed by atoms with Crippen LogP contribution in [0.4, 0.5) is 5.69 Å². The monoisotopic (exact) mass is 395 g/mol. The molecule has 2 heterocycles. The molecule has 1 aliphatic heterocycles. The molecule has 0 aliphatic carbocycles. The molecule has 1 aromatic heterocycles. The number of methoxy groups -OCH3 is 1. The molecule has 0 bridgehead atoms. The van der Waals surface area contributed by atoms with E-state index < -0.39 is 5.60 Å². The van der Waals surface area contributed by atoms with Gasteiger partial charge in [-0.05, 0) is 56.3 Å². The van der Waals surface area contributed by atoms with Crippen LogP contribution in [-0.4, -0.2) is 36.7 Å². The fourth-order valence-corrected chi connectivity index (χ4v) is 3.21. The number of nitrogens with one attached hydrogen (secondary N) is 2. The van der Waals surface area contributed by atoms with Gasteiger partial charge in [0.2, 0.25) is 5.88 Å². The minimum Gasteiger partial charge on any atom is -0.438 e. The van der Waals surface area contributed by atoms with Crippen LogP contribution in [0, 0.1) is 0 Å². The number of aromatic nitrogens is 1.